The molecule has 0 aliphatic carbocycles. The number of rotatable bonds is 8. The SMILES string of the molecule is CCCCCCNc1ccccc1CN(C)C. The minimum absolute atomic E-state index is 0.998. The van der Waals surface area contributed by atoms with Crippen LogP contribution in [0.5, 0.6) is 0 Å². The second-order valence-electron chi connectivity index (χ2n) is 4.88. The summed E-state index contributed by atoms with van der Waals surface area (Å²) in [5.41, 5.74) is 2.67. The van der Waals surface area contributed by atoms with Gasteiger partial charge in [0.2, 0.25) is 0 Å². The van der Waals surface area contributed by atoms with Crippen molar-refractivity contribution in [3.8, 4) is 0 Å². The zero-order chi connectivity index (χ0) is 12.5. The molecule has 96 valence electrons. The van der Waals surface area contributed by atoms with Crippen LogP contribution in [-0.2, 0) is 6.54 Å². The zero-order valence-corrected chi connectivity index (χ0v) is 11.5. The summed E-state index contributed by atoms with van der Waals surface area (Å²) >= 11 is 0. The van der Waals surface area contributed by atoms with E-state index < -0.39 is 0 Å². The number of unbranched alkanes of at least 4 members (excludes halogenated alkanes) is 3. The van der Waals surface area contributed by atoms with Crippen molar-refractivity contribution in [2.24, 2.45) is 0 Å². The van der Waals surface area contributed by atoms with E-state index in [2.05, 4.69) is 55.5 Å². The molecule has 17 heavy (non-hydrogen) atoms. The molecule has 2 heteroatoms. The van der Waals surface area contributed by atoms with Crippen molar-refractivity contribution in [3.63, 3.8) is 0 Å². The minimum Gasteiger partial charge on any atom is -0.385 e. The van der Waals surface area contributed by atoms with Gasteiger partial charge in [0, 0.05) is 18.8 Å². The Kier molecular flexibility index (Phi) is 6.71. The van der Waals surface area contributed by atoms with Crippen LogP contribution in [0.4, 0.5) is 5.69 Å². The van der Waals surface area contributed by atoms with E-state index in [0.717, 1.165) is 13.1 Å². The molecule has 0 saturated carbocycles. The van der Waals surface area contributed by atoms with Crippen LogP contribution in [0.2, 0.25) is 0 Å². The number of hydrogen-bond acceptors (Lipinski definition) is 2. The van der Waals surface area contributed by atoms with E-state index in [-0.39, 0.29) is 0 Å². The highest BCUT2D eigenvalue weighted by Crippen LogP contribution is 2.16. The van der Waals surface area contributed by atoms with Crippen LogP contribution < -0.4 is 5.32 Å². The molecule has 1 N–H and O–H groups in total. The smallest absolute Gasteiger partial charge is 0.0385 e. The first-order valence-corrected chi connectivity index (χ1v) is 6.70. The molecular weight excluding hydrogens is 208 g/mol. The largest absolute Gasteiger partial charge is 0.385 e. The van der Waals surface area contributed by atoms with E-state index in [9.17, 15) is 0 Å². The lowest BCUT2D eigenvalue weighted by Crippen LogP contribution is -2.13. The highest BCUT2D eigenvalue weighted by molar-refractivity contribution is 5.50. The van der Waals surface area contributed by atoms with Gasteiger partial charge in [0.05, 0.1) is 0 Å². The number of benzene rings is 1. The highest BCUT2D eigenvalue weighted by atomic mass is 15.1. The summed E-state index contributed by atoms with van der Waals surface area (Å²) in [6.45, 7) is 4.34. The first-order valence-electron chi connectivity index (χ1n) is 6.70. The molecule has 0 atom stereocenters. The van der Waals surface area contributed by atoms with E-state index in [1.807, 2.05) is 0 Å². The number of nitrogens with zero attached hydrogens (tertiary/aromatic N) is 1. The fraction of sp³-hybridized carbons (Fsp3) is 0.600. The third-order valence-electron chi connectivity index (χ3n) is 2.85. The van der Waals surface area contributed by atoms with Crippen LogP contribution in [0.3, 0.4) is 0 Å². The molecule has 0 fully saturated rings. The Morgan fingerprint density at radius 1 is 1.06 bits per heavy atom. The van der Waals surface area contributed by atoms with Crippen molar-refractivity contribution in [2.75, 3.05) is 26.0 Å². The van der Waals surface area contributed by atoms with Crippen LogP contribution in [0.1, 0.15) is 38.2 Å². The Hall–Kier alpha value is -1.02. The van der Waals surface area contributed by atoms with E-state index in [0.29, 0.717) is 0 Å². The average Bonchev–Trinajstić information content (AvgIpc) is 2.30. The molecule has 1 aromatic carbocycles. The lowest BCUT2D eigenvalue weighted by Gasteiger charge is -2.15. The molecule has 0 spiro atoms. The summed E-state index contributed by atoms with van der Waals surface area (Å²) in [4.78, 5) is 2.21. The molecule has 0 unspecified atom stereocenters. The quantitative estimate of drug-likeness (QED) is 0.689. The fourth-order valence-electron chi connectivity index (χ4n) is 1.95. The van der Waals surface area contributed by atoms with Gasteiger partial charge in [-0.3, -0.25) is 0 Å². The predicted octanol–water partition coefficient (Wildman–Crippen LogP) is 3.74. The summed E-state index contributed by atoms with van der Waals surface area (Å²) in [6.07, 6.45) is 5.25. The lowest BCUT2D eigenvalue weighted by atomic mass is 10.1. The first kappa shape index (κ1) is 14.0. The number of nitrogens with one attached hydrogen (secondary N) is 1. The molecule has 1 aromatic rings. The Labute approximate surface area is 106 Å². The van der Waals surface area contributed by atoms with Gasteiger partial charge in [-0.25, -0.2) is 0 Å². The second kappa shape index (κ2) is 8.13. The van der Waals surface area contributed by atoms with Crippen LogP contribution >= 0.6 is 0 Å². The van der Waals surface area contributed by atoms with Crippen molar-refractivity contribution < 1.29 is 0 Å². The Morgan fingerprint density at radius 3 is 2.53 bits per heavy atom. The van der Waals surface area contributed by atoms with Gasteiger partial charge in [-0.2, -0.15) is 0 Å². The third-order valence-corrected chi connectivity index (χ3v) is 2.85. The summed E-state index contributed by atoms with van der Waals surface area (Å²) in [5, 5.41) is 3.55. The molecule has 0 aliphatic heterocycles. The van der Waals surface area contributed by atoms with Crippen LogP contribution in [-0.4, -0.2) is 25.5 Å². The maximum absolute atomic E-state index is 3.55. The van der Waals surface area contributed by atoms with E-state index in [1.165, 1.54) is 36.9 Å². The molecule has 0 saturated heterocycles. The van der Waals surface area contributed by atoms with Gasteiger partial charge in [0.15, 0.2) is 0 Å². The van der Waals surface area contributed by atoms with Gasteiger partial charge < -0.3 is 10.2 Å². The lowest BCUT2D eigenvalue weighted by molar-refractivity contribution is 0.403. The number of anilines is 1. The molecule has 0 aromatic heterocycles. The summed E-state index contributed by atoms with van der Waals surface area (Å²) < 4.78 is 0. The monoisotopic (exact) mass is 234 g/mol. The average molecular weight is 234 g/mol. The normalized spacial score (nSPS) is 10.8. The van der Waals surface area contributed by atoms with Gasteiger partial charge in [0.25, 0.3) is 0 Å². The third kappa shape index (κ3) is 5.73. The maximum Gasteiger partial charge on any atom is 0.0385 e. The van der Waals surface area contributed by atoms with Gasteiger partial charge in [-0.15, -0.1) is 0 Å². The first-order chi connectivity index (χ1) is 8.24. The second-order valence-corrected chi connectivity index (χ2v) is 4.88. The minimum atomic E-state index is 0.998. The molecule has 0 bridgehead atoms. The van der Waals surface area contributed by atoms with E-state index >= 15 is 0 Å². The molecular formula is C15H26N2. The van der Waals surface area contributed by atoms with Gasteiger partial charge in [0.1, 0.15) is 0 Å². The Bertz CT molecular complexity index is 308. The predicted molar refractivity (Wildman–Crippen MR) is 76.5 cm³/mol. The molecule has 0 amide bonds. The van der Waals surface area contributed by atoms with Crippen LogP contribution in [0.15, 0.2) is 24.3 Å². The van der Waals surface area contributed by atoms with Crippen molar-refractivity contribution >= 4 is 5.69 Å². The van der Waals surface area contributed by atoms with Crippen molar-refractivity contribution in [3.05, 3.63) is 29.8 Å². The summed E-state index contributed by atoms with van der Waals surface area (Å²) in [6, 6.07) is 8.60. The number of hydrogen-bond donors (Lipinski definition) is 1. The fourth-order valence-corrected chi connectivity index (χ4v) is 1.95. The van der Waals surface area contributed by atoms with Gasteiger partial charge >= 0.3 is 0 Å². The zero-order valence-electron chi connectivity index (χ0n) is 11.5. The van der Waals surface area contributed by atoms with Crippen molar-refractivity contribution in [2.45, 2.75) is 39.2 Å². The van der Waals surface area contributed by atoms with E-state index in [1.54, 1.807) is 0 Å². The Balaban J connectivity index is 2.40. The highest BCUT2D eigenvalue weighted by Gasteiger charge is 2.01. The van der Waals surface area contributed by atoms with Crippen LogP contribution in [0, 0.1) is 0 Å². The molecule has 1 rings (SSSR count). The maximum atomic E-state index is 3.55. The number of para-hydroxylation sites is 1. The topological polar surface area (TPSA) is 15.3 Å². The molecule has 0 aliphatic rings. The van der Waals surface area contributed by atoms with Gasteiger partial charge in [-0.05, 0) is 32.1 Å². The molecule has 0 radical (unpaired) electrons. The van der Waals surface area contributed by atoms with Crippen molar-refractivity contribution in [1.82, 2.24) is 4.90 Å². The summed E-state index contributed by atoms with van der Waals surface area (Å²) in [5.74, 6) is 0. The van der Waals surface area contributed by atoms with Crippen LogP contribution in [0.25, 0.3) is 0 Å². The van der Waals surface area contributed by atoms with Gasteiger partial charge in [-0.1, -0.05) is 44.4 Å². The standard InChI is InChI=1S/C15H26N2/c1-4-5-6-9-12-16-15-11-8-7-10-14(15)13-17(2)3/h7-8,10-11,16H,4-6,9,12-13H2,1-3H3. The summed E-state index contributed by atoms with van der Waals surface area (Å²) in [7, 11) is 4.22. The molecule has 2 nitrogen and oxygen atoms in total. The van der Waals surface area contributed by atoms with E-state index in [4.69, 9.17) is 0 Å². The molecule has 0 heterocycles. The van der Waals surface area contributed by atoms with Crippen molar-refractivity contribution in [1.29, 1.82) is 0 Å². The Morgan fingerprint density at radius 2 is 1.82 bits per heavy atom.